The first-order valence-corrected chi connectivity index (χ1v) is 14.2. The van der Waals surface area contributed by atoms with E-state index in [2.05, 4.69) is 0 Å². The Morgan fingerprint density at radius 3 is 1.27 bits per heavy atom. The minimum Gasteiger partial charge on any atom is -0.394 e. The van der Waals surface area contributed by atoms with Crippen molar-refractivity contribution in [2.24, 2.45) is 0 Å². The van der Waals surface area contributed by atoms with Crippen molar-refractivity contribution in [1.82, 2.24) is 0 Å². The maximum absolute atomic E-state index is 13.3. The Hall–Kier alpha value is -5.88. The lowest BCUT2D eigenvalue weighted by atomic mass is 9.98. The van der Waals surface area contributed by atoms with Crippen molar-refractivity contribution in [2.45, 2.75) is 13.8 Å². The zero-order valence-electron chi connectivity index (χ0n) is 24.0. The van der Waals surface area contributed by atoms with Crippen LogP contribution in [0, 0.1) is 13.8 Å². The van der Waals surface area contributed by atoms with E-state index in [1.807, 2.05) is 123 Å². The quantitative estimate of drug-likeness (QED) is 0.118. The standard InChI is InChI=1S/C38H26O6/c1-23-17-19-29-31(21-23)35(43-37(39)41-33-15-7-11-25-9-3-5-13-27(25)33)30-20-18-24(2)22-32(30)36(29)44-38(40)42-34-16-8-12-26-10-4-6-14-28(26)34/h3-22H,1-2H3. The monoisotopic (exact) mass is 578 g/mol. The normalized spacial score (nSPS) is 11.1. The van der Waals surface area contributed by atoms with Gasteiger partial charge in [-0.3, -0.25) is 0 Å². The van der Waals surface area contributed by atoms with Crippen molar-refractivity contribution in [2.75, 3.05) is 0 Å². The Labute approximate surface area is 253 Å². The van der Waals surface area contributed by atoms with E-state index in [4.69, 9.17) is 18.9 Å². The minimum absolute atomic E-state index is 0.304. The number of hydrogen-bond acceptors (Lipinski definition) is 6. The van der Waals surface area contributed by atoms with Gasteiger partial charge in [-0.15, -0.1) is 0 Å². The summed E-state index contributed by atoms with van der Waals surface area (Å²) in [6.07, 6.45) is -1.76. The van der Waals surface area contributed by atoms with E-state index in [9.17, 15) is 9.59 Å². The highest BCUT2D eigenvalue weighted by Crippen LogP contribution is 2.44. The predicted octanol–water partition coefficient (Wildman–Crippen LogP) is 10.1. The van der Waals surface area contributed by atoms with E-state index in [0.29, 0.717) is 44.5 Å². The van der Waals surface area contributed by atoms with Crippen LogP contribution in [0.25, 0.3) is 43.1 Å². The predicted molar refractivity (Wildman–Crippen MR) is 172 cm³/mol. The fourth-order valence-electron chi connectivity index (χ4n) is 5.56. The summed E-state index contributed by atoms with van der Waals surface area (Å²) in [5, 5.41) is 5.80. The average molecular weight is 579 g/mol. The SMILES string of the molecule is Cc1ccc2c(OC(=O)Oc3cccc4ccccc34)c3cc(C)ccc3c(OC(=O)Oc3cccc4ccccc34)c2c1. The third-order valence-electron chi connectivity index (χ3n) is 7.59. The second-order valence-corrected chi connectivity index (χ2v) is 10.6. The number of rotatable bonds is 4. The molecule has 44 heavy (non-hydrogen) atoms. The van der Waals surface area contributed by atoms with E-state index in [0.717, 1.165) is 32.7 Å². The molecule has 0 amide bonds. The topological polar surface area (TPSA) is 71.1 Å². The van der Waals surface area contributed by atoms with Gasteiger partial charge in [0.2, 0.25) is 0 Å². The second kappa shape index (κ2) is 11.1. The Morgan fingerprint density at radius 2 is 0.818 bits per heavy atom. The number of fused-ring (bicyclic) bond motifs is 4. The smallest absolute Gasteiger partial charge is 0.394 e. The van der Waals surface area contributed by atoms with Gasteiger partial charge in [-0.05, 0) is 48.9 Å². The van der Waals surface area contributed by atoms with Crippen molar-refractivity contribution in [3.05, 3.63) is 132 Å². The molecule has 0 heterocycles. The van der Waals surface area contributed by atoms with Crippen LogP contribution in [-0.4, -0.2) is 12.3 Å². The minimum atomic E-state index is -0.880. The van der Waals surface area contributed by atoms with Gasteiger partial charge in [-0.2, -0.15) is 0 Å². The van der Waals surface area contributed by atoms with Crippen molar-refractivity contribution in [1.29, 1.82) is 0 Å². The van der Waals surface area contributed by atoms with Crippen LogP contribution in [0.15, 0.2) is 121 Å². The molecule has 0 radical (unpaired) electrons. The number of benzene rings is 7. The Morgan fingerprint density at radius 1 is 0.409 bits per heavy atom. The van der Waals surface area contributed by atoms with Gasteiger partial charge in [0.25, 0.3) is 0 Å². The van der Waals surface area contributed by atoms with Gasteiger partial charge in [0.05, 0.1) is 0 Å². The molecular formula is C38H26O6. The van der Waals surface area contributed by atoms with Gasteiger partial charge in [0.15, 0.2) is 0 Å². The highest BCUT2D eigenvalue weighted by atomic mass is 16.7. The third-order valence-corrected chi connectivity index (χ3v) is 7.59. The number of carbonyl (C=O) groups is 2. The van der Waals surface area contributed by atoms with Gasteiger partial charge in [0.1, 0.15) is 23.0 Å². The van der Waals surface area contributed by atoms with Gasteiger partial charge >= 0.3 is 12.3 Å². The molecule has 214 valence electrons. The molecular weight excluding hydrogens is 552 g/mol. The number of ether oxygens (including phenoxy) is 4. The molecule has 0 fully saturated rings. The molecule has 6 nitrogen and oxygen atoms in total. The largest absolute Gasteiger partial charge is 0.519 e. The molecule has 0 aliphatic carbocycles. The first kappa shape index (κ1) is 27.0. The van der Waals surface area contributed by atoms with Crippen molar-refractivity contribution in [3.63, 3.8) is 0 Å². The summed E-state index contributed by atoms with van der Waals surface area (Å²) in [5.41, 5.74) is 1.86. The summed E-state index contributed by atoms with van der Waals surface area (Å²) in [7, 11) is 0. The molecule has 0 aliphatic heterocycles. The van der Waals surface area contributed by atoms with Gasteiger partial charge in [0, 0.05) is 32.3 Å². The van der Waals surface area contributed by atoms with E-state index >= 15 is 0 Å². The fraction of sp³-hybridized carbons (Fsp3) is 0.0526. The molecule has 7 rings (SSSR count). The van der Waals surface area contributed by atoms with Crippen LogP contribution in [-0.2, 0) is 0 Å². The van der Waals surface area contributed by atoms with Gasteiger partial charge < -0.3 is 18.9 Å². The molecule has 0 unspecified atom stereocenters. The summed E-state index contributed by atoms with van der Waals surface area (Å²) in [4.78, 5) is 26.6. The number of hydrogen-bond donors (Lipinski definition) is 0. The van der Waals surface area contributed by atoms with E-state index in [1.165, 1.54) is 0 Å². The van der Waals surface area contributed by atoms with E-state index < -0.39 is 12.3 Å². The fourth-order valence-corrected chi connectivity index (χ4v) is 5.56. The average Bonchev–Trinajstić information content (AvgIpc) is 3.03. The van der Waals surface area contributed by atoms with E-state index in [1.54, 1.807) is 12.1 Å². The van der Waals surface area contributed by atoms with Crippen LogP contribution < -0.4 is 18.9 Å². The molecule has 0 aromatic heterocycles. The van der Waals surface area contributed by atoms with Crippen molar-refractivity contribution < 1.29 is 28.5 Å². The molecule has 7 aromatic carbocycles. The second-order valence-electron chi connectivity index (χ2n) is 10.6. The van der Waals surface area contributed by atoms with Gasteiger partial charge in [-0.1, -0.05) is 108 Å². The van der Waals surface area contributed by atoms with Crippen LogP contribution in [0.3, 0.4) is 0 Å². The zero-order chi connectivity index (χ0) is 30.2. The summed E-state index contributed by atoms with van der Waals surface area (Å²) in [6.45, 7) is 3.87. The molecule has 0 saturated carbocycles. The molecule has 7 aromatic rings. The first-order chi connectivity index (χ1) is 21.4. The van der Waals surface area contributed by atoms with Crippen LogP contribution >= 0.6 is 0 Å². The molecule has 0 bridgehead atoms. The summed E-state index contributed by atoms with van der Waals surface area (Å²) in [5.74, 6) is 1.40. The number of aryl methyl sites for hydroxylation is 2. The van der Waals surface area contributed by atoms with Gasteiger partial charge in [-0.25, -0.2) is 9.59 Å². The highest BCUT2D eigenvalue weighted by molar-refractivity contribution is 6.13. The summed E-state index contributed by atoms with van der Waals surface area (Å²) < 4.78 is 23.3. The molecule has 0 atom stereocenters. The van der Waals surface area contributed by atoms with Crippen molar-refractivity contribution in [3.8, 4) is 23.0 Å². The van der Waals surface area contributed by atoms with Crippen LogP contribution in [0.4, 0.5) is 9.59 Å². The van der Waals surface area contributed by atoms with E-state index in [-0.39, 0.29) is 0 Å². The third kappa shape index (κ3) is 5.03. The Bertz CT molecular complexity index is 2080. The maximum Gasteiger partial charge on any atom is 0.519 e. The first-order valence-electron chi connectivity index (χ1n) is 14.2. The van der Waals surface area contributed by atoms with Crippen LogP contribution in [0.5, 0.6) is 23.0 Å². The highest BCUT2D eigenvalue weighted by Gasteiger charge is 2.23. The van der Waals surface area contributed by atoms with Crippen molar-refractivity contribution >= 4 is 55.4 Å². The molecule has 0 saturated heterocycles. The molecule has 0 aliphatic rings. The molecule has 6 heteroatoms. The van der Waals surface area contributed by atoms with Crippen LogP contribution in [0.2, 0.25) is 0 Å². The zero-order valence-corrected chi connectivity index (χ0v) is 24.0. The number of carbonyl (C=O) groups excluding carboxylic acids is 2. The summed E-state index contributed by atoms with van der Waals surface area (Å²) in [6, 6.07) is 37.6. The lowest BCUT2D eigenvalue weighted by molar-refractivity contribution is 0.151. The Kier molecular flexibility index (Phi) is 6.79. The lowest BCUT2D eigenvalue weighted by Crippen LogP contribution is -2.16. The maximum atomic E-state index is 13.3. The Balaban J connectivity index is 1.29. The molecule has 0 spiro atoms. The lowest BCUT2D eigenvalue weighted by Gasteiger charge is -2.17. The summed E-state index contributed by atoms with van der Waals surface area (Å²) >= 11 is 0. The molecule has 0 N–H and O–H groups in total. The van der Waals surface area contributed by atoms with Crippen LogP contribution in [0.1, 0.15) is 11.1 Å².